The SMILES string of the molecule is CCCCOc1cc(OCCCC)c(OCCCC)c(-c2nc(N)nc(N)n2)c1OCCCC. The quantitative estimate of drug-likeness (QED) is 0.288. The molecule has 2 rings (SSSR count). The van der Waals surface area contributed by atoms with E-state index in [1.54, 1.807) is 0 Å². The number of benzene rings is 1. The third-order valence-corrected chi connectivity index (χ3v) is 5.06. The van der Waals surface area contributed by atoms with Crippen LogP contribution in [0.2, 0.25) is 0 Å². The second kappa shape index (κ2) is 15.0. The largest absolute Gasteiger partial charge is 0.490 e. The van der Waals surface area contributed by atoms with Gasteiger partial charge in [0.1, 0.15) is 5.56 Å². The topological polar surface area (TPSA) is 128 Å². The van der Waals surface area contributed by atoms with Crippen molar-refractivity contribution in [1.29, 1.82) is 0 Å². The Labute approximate surface area is 203 Å². The van der Waals surface area contributed by atoms with Gasteiger partial charge < -0.3 is 30.4 Å². The molecule has 1 aromatic carbocycles. The molecule has 1 heterocycles. The molecule has 2 aromatic rings. The third-order valence-electron chi connectivity index (χ3n) is 5.06. The lowest BCUT2D eigenvalue weighted by Gasteiger charge is -2.22. The Morgan fingerprint density at radius 1 is 0.588 bits per heavy atom. The number of hydrogen-bond donors (Lipinski definition) is 2. The van der Waals surface area contributed by atoms with Gasteiger partial charge >= 0.3 is 0 Å². The maximum absolute atomic E-state index is 6.26. The highest BCUT2D eigenvalue weighted by molar-refractivity contribution is 5.80. The van der Waals surface area contributed by atoms with Crippen LogP contribution in [0.1, 0.15) is 79.1 Å². The lowest BCUT2D eigenvalue weighted by atomic mass is 10.1. The first-order valence-corrected chi connectivity index (χ1v) is 12.5. The second-order valence-corrected chi connectivity index (χ2v) is 8.09. The minimum atomic E-state index is 0.0206. The van der Waals surface area contributed by atoms with Gasteiger partial charge in [-0.1, -0.05) is 53.4 Å². The molecule has 0 spiro atoms. The Morgan fingerprint density at radius 3 is 1.35 bits per heavy atom. The average molecular weight is 476 g/mol. The van der Waals surface area contributed by atoms with Gasteiger partial charge in [0.2, 0.25) is 11.9 Å². The molecule has 0 saturated heterocycles. The first kappa shape index (κ1) is 27.3. The molecule has 0 aliphatic rings. The van der Waals surface area contributed by atoms with Crippen molar-refractivity contribution in [2.45, 2.75) is 79.1 Å². The van der Waals surface area contributed by atoms with Gasteiger partial charge in [-0.25, -0.2) is 0 Å². The Bertz CT molecular complexity index is 816. The van der Waals surface area contributed by atoms with E-state index in [1.165, 1.54) is 0 Å². The van der Waals surface area contributed by atoms with Crippen LogP contribution in [-0.4, -0.2) is 41.4 Å². The molecular weight excluding hydrogens is 434 g/mol. The van der Waals surface area contributed by atoms with Crippen LogP contribution >= 0.6 is 0 Å². The summed E-state index contributed by atoms with van der Waals surface area (Å²) in [4.78, 5) is 12.6. The zero-order chi connectivity index (χ0) is 24.8. The number of nitrogen functional groups attached to an aromatic ring is 2. The van der Waals surface area contributed by atoms with Crippen LogP contribution in [-0.2, 0) is 0 Å². The molecule has 0 fully saturated rings. The molecule has 0 atom stereocenters. The van der Waals surface area contributed by atoms with E-state index in [9.17, 15) is 0 Å². The van der Waals surface area contributed by atoms with Crippen molar-refractivity contribution in [2.24, 2.45) is 0 Å². The zero-order valence-corrected chi connectivity index (χ0v) is 21.2. The van der Waals surface area contributed by atoms with Gasteiger partial charge in [0, 0.05) is 6.07 Å². The first-order valence-electron chi connectivity index (χ1n) is 12.5. The van der Waals surface area contributed by atoms with Crippen LogP contribution in [0.25, 0.3) is 11.4 Å². The van der Waals surface area contributed by atoms with Crippen LogP contribution in [0, 0.1) is 0 Å². The molecule has 0 amide bonds. The predicted octanol–water partition coefficient (Wildman–Crippen LogP) is 5.42. The fraction of sp³-hybridized carbons (Fsp3) is 0.640. The molecule has 0 saturated carbocycles. The molecule has 1 aromatic heterocycles. The summed E-state index contributed by atoms with van der Waals surface area (Å²) in [6.45, 7) is 10.6. The molecule has 0 aliphatic heterocycles. The van der Waals surface area contributed by atoms with Crippen molar-refractivity contribution < 1.29 is 18.9 Å². The molecule has 0 unspecified atom stereocenters. The van der Waals surface area contributed by atoms with Gasteiger partial charge in [-0.2, -0.15) is 15.0 Å². The maximum Gasteiger partial charge on any atom is 0.225 e. The Balaban J connectivity index is 2.72. The highest BCUT2D eigenvalue weighted by Gasteiger charge is 2.27. The van der Waals surface area contributed by atoms with Crippen molar-refractivity contribution in [3.05, 3.63) is 6.07 Å². The van der Waals surface area contributed by atoms with Crippen LogP contribution in [0.5, 0.6) is 23.0 Å². The molecule has 190 valence electrons. The Morgan fingerprint density at radius 2 is 0.971 bits per heavy atom. The lowest BCUT2D eigenvalue weighted by molar-refractivity contribution is 0.243. The van der Waals surface area contributed by atoms with Gasteiger partial charge in [0.05, 0.1) is 26.4 Å². The molecule has 9 heteroatoms. The van der Waals surface area contributed by atoms with Crippen molar-refractivity contribution in [3.8, 4) is 34.4 Å². The van der Waals surface area contributed by atoms with Crippen LogP contribution in [0.3, 0.4) is 0 Å². The summed E-state index contributed by atoms with van der Waals surface area (Å²) in [6.07, 6.45) is 7.60. The third kappa shape index (κ3) is 8.11. The van der Waals surface area contributed by atoms with E-state index in [0.29, 0.717) is 55.0 Å². The molecule has 34 heavy (non-hydrogen) atoms. The van der Waals surface area contributed by atoms with Crippen LogP contribution < -0.4 is 30.4 Å². The van der Waals surface area contributed by atoms with Gasteiger partial charge in [-0.3, -0.25) is 0 Å². The van der Waals surface area contributed by atoms with Gasteiger partial charge in [0.15, 0.2) is 28.8 Å². The number of anilines is 2. The minimum absolute atomic E-state index is 0.0206. The zero-order valence-electron chi connectivity index (χ0n) is 21.2. The number of rotatable bonds is 17. The number of nitrogens with two attached hydrogens (primary N) is 2. The van der Waals surface area contributed by atoms with Gasteiger partial charge in [-0.15, -0.1) is 0 Å². The summed E-state index contributed by atoms with van der Waals surface area (Å²) in [5.41, 5.74) is 12.4. The summed E-state index contributed by atoms with van der Waals surface area (Å²) in [5.74, 6) is 2.44. The predicted molar refractivity (Wildman–Crippen MR) is 136 cm³/mol. The number of unbranched alkanes of at least 4 members (excludes halogenated alkanes) is 4. The van der Waals surface area contributed by atoms with Gasteiger partial charge in [-0.05, 0) is 25.7 Å². The fourth-order valence-electron chi connectivity index (χ4n) is 3.12. The maximum atomic E-state index is 6.26. The number of hydrogen-bond acceptors (Lipinski definition) is 9. The molecule has 0 radical (unpaired) electrons. The van der Waals surface area contributed by atoms with E-state index in [-0.39, 0.29) is 17.7 Å². The van der Waals surface area contributed by atoms with E-state index < -0.39 is 0 Å². The Kier molecular flexibility index (Phi) is 12.1. The first-order chi connectivity index (χ1) is 16.5. The summed E-state index contributed by atoms with van der Waals surface area (Å²) in [7, 11) is 0. The monoisotopic (exact) mass is 475 g/mol. The normalized spacial score (nSPS) is 10.8. The number of nitrogens with zero attached hydrogens (tertiary/aromatic N) is 3. The average Bonchev–Trinajstić information content (AvgIpc) is 2.80. The Hall–Kier alpha value is -2.97. The molecule has 9 nitrogen and oxygen atoms in total. The number of aromatic nitrogens is 3. The summed E-state index contributed by atoms with van der Waals surface area (Å²) in [6, 6.07) is 1.85. The van der Waals surface area contributed by atoms with E-state index >= 15 is 0 Å². The molecular formula is C25H41N5O4. The highest BCUT2D eigenvalue weighted by Crippen LogP contribution is 2.50. The van der Waals surface area contributed by atoms with E-state index in [2.05, 4.69) is 42.6 Å². The highest BCUT2D eigenvalue weighted by atomic mass is 16.5. The molecule has 0 aliphatic carbocycles. The van der Waals surface area contributed by atoms with Crippen molar-refractivity contribution in [3.63, 3.8) is 0 Å². The summed E-state index contributed by atoms with van der Waals surface area (Å²) in [5, 5.41) is 0. The van der Waals surface area contributed by atoms with Gasteiger partial charge in [0.25, 0.3) is 0 Å². The lowest BCUT2D eigenvalue weighted by Crippen LogP contribution is -2.11. The summed E-state index contributed by atoms with van der Waals surface area (Å²) < 4.78 is 24.8. The summed E-state index contributed by atoms with van der Waals surface area (Å²) >= 11 is 0. The number of ether oxygens (including phenoxy) is 4. The van der Waals surface area contributed by atoms with Crippen molar-refractivity contribution >= 4 is 11.9 Å². The van der Waals surface area contributed by atoms with Crippen molar-refractivity contribution in [2.75, 3.05) is 37.9 Å². The molecule has 4 N–H and O–H groups in total. The fourth-order valence-corrected chi connectivity index (χ4v) is 3.12. The van der Waals surface area contributed by atoms with E-state index in [4.69, 9.17) is 30.4 Å². The van der Waals surface area contributed by atoms with Crippen molar-refractivity contribution in [1.82, 2.24) is 15.0 Å². The smallest absolute Gasteiger partial charge is 0.225 e. The second-order valence-electron chi connectivity index (χ2n) is 8.09. The molecule has 0 bridgehead atoms. The van der Waals surface area contributed by atoms with Crippen LogP contribution in [0.15, 0.2) is 6.07 Å². The minimum Gasteiger partial charge on any atom is -0.490 e. The van der Waals surface area contributed by atoms with Crippen LogP contribution in [0.4, 0.5) is 11.9 Å². The van der Waals surface area contributed by atoms with E-state index in [0.717, 1.165) is 51.4 Å². The standard InChI is InChI=1S/C25H41N5O4/c1-5-9-13-31-18-17-19(32-14-10-6-2)22(34-16-12-8-4)20(21(18)33-15-11-7-3)23-28-24(26)30-25(27)29-23/h17H,5-16H2,1-4H3,(H4,26,27,28,29,30). The van der Waals surface area contributed by atoms with E-state index in [1.807, 2.05) is 6.07 Å².